The summed E-state index contributed by atoms with van der Waals surface area (Å²) in [5.74, 6) is 0. The maximum Gasteiger partial charge on any atom is 0.139 e. The smallest absolute Gasteiger partial charge is 0.0886 e. The lowest BCUT2D eigenvalue weighted by molar-refractivity contribution is 0.199. The largest absolute Gasteiger partial charge is 0.139 e. The number of unbranched alkanes of at least 4 members (excludes halogenated alkanes) is 10. The number of benzene rings is 2. The molecule has 34 heavy (non-hydrogen) atoms. The summed E-state index contributed by atoms with van der Waals surface area (Å²) in [4.78, 5) is 0. The maximum absolute atomic E-state index is 2.57. The molecule has 0 N–H and O–H groups in total. The van der Waals surface area contributed by atoms with Gasteiger partial charge in [0, 0.05) is 5.41 Å². The van der Waals surface area contributed by atoms with Gasteiger partial charge >= 0.3 is 0 Å². The van der Waals surface area contributed by atoms with Crippen molar-refractivity contribution in [3.05, 3.63) is 47.5 Å². The average Bonchev–Trinajstić information content (AvgIpc) is 2.81. The molecule has 0 spiro atoms. The topological polar surface area (TPSA) is 0 Å². The highest BCUT2D eigenvalue weighted by Gasteiger charge is 2.50. The van der Waals surface area contributed by atoms with Gasteiger partial charge in [0.25, 0.3) is 0 Å². The zero-order valence-electron chi connectivity index (χ0n) is 23.4. The predicted molar refractivity (Wildman–Crippen MR) is 159 cm³/mol. The van der Waals surface area contributed by atoms with E-state index in [0.717, 1.165) is 0 Å². The summed E-state index contributed by atoms with van der Waals surface area (Å²) >= 11 is 0. The summed E-state index contributed by atoms with van der Waals surface area (Å²) in [5, 5.41) is 0. The molecular formula is C32H50B2. The first-order valence-corrected chi connectivity index (χ1v) is 14.6. The van der Waals surface area contributed by atoms with Gasteiger partial charge in [-0.05, 0) is 40.5 Å². The third-order valence-corrected chi connectivity index (χ3v) is 8.94. The van der Waals surface area contributed by atoms with Crippen LogP contribution in [0.25, 0.3) is 11.1 Å². The second kappa shape index (κ2) is 12.5. The Labute approximate surface area is 213 Å². The summed E-state index contributed by atoms with van der Waals surface area (Å²) in [6.45, 7) is 9.78. The van der Waals surface area contributed by atoms with Crippen LogP contribution in [0.5, 0.6) is 0 Å². The van der Waals surface area contributed by atoms with Gasteiger partial charge in [-0.2, -0.15) is 0 Å². The average molecular weight is 456 g/mol. The summed E-state index contributed by atoms with van der Waals surface area (Å²) < 4.78 is 0. The Bertz CT molecular complexity index is 895. The molecule has 2 heteroatoms. The highest BCUT2D eigenvalue weighted by Crippen LogP contribution is 2.58. The molecule has 0 unspecified atom stereocenters. The van der Waals surface area contributed by atoms with Gasteiger partial charge < -0.3 is 0 Å². The van der Waals surface area contributed by atoms with Crippen molar-refractivity contribution >= 4 is 26.6 Å². The lowest BCUT2D eigenvalue weighted by Crippen LogP contribution is -2.49. The Balaban J connectivity index is 1.97. The molecular weight excluding hydrogens is 406 g/mol. The molecule has 0 heterocycles. The Hall–Kier alpha value is -1.43. The number of hydrogen-bond donors (Lipinski definition) is 0. The van der Waals surface area contributed by atoms with Crippen LogP contribution in [0.2, 0.25) is 0 Å². The van der Waals surface area contributed by atoms with Crippen LogP contribution in [0.4, 0.5) is 0 Å². The Morgan fingerprint density at radius 3 is 1.47 bits per heavy atom. The molecule has 1 aliphatic carbocycles. The van der Waals surface area contributed by atoms with E-state index in [-0.39, 0.29) is 10.8 Å². The molecule has 0 atom stereocenters. The summed E-state index contributed by atoms with van der Waals surface area (Å²) in [6.07, 6.45) is 19.2. The van der Waals surface area contributed by atoms with Crippen molar-refractivity contribution in [1.29, 1.82) is 0 Å². The van der Waals surface area contributed by atoms with Gasteiger partial charge in [0.1, 0.15) is 15.7 Å². The molecule has 0 aliphatic heterocycles. The molecule has 0 nitrogen and oxygen atoms in total. The minimum atomic E-state index is 0.141. The Kier molecular flexibility index (Phi) is 9.99. The van der Waals surface area contributed by atoms with Crippen molar-refractivity contribution in [3.63, 3.8) is 0 Å². The van der Waals surface area contributed by atoms with Gasteiger partial charge in [0.2, 0.25) is 0 Å². The zero-order chi connectivity index (χ0) is 24.6. The highest BCUT2D eigenvalue weighted by molar-refractivity contribution is 6.33. The van der Waals surface area contributed by atoms with Crippen molar-refractivity contribution in [2.45, 2.75) is 128 Å². The number of fused-ring (bicyclic) bond motifs is 3. The molecule has 2 aromatic carbocycles. The minimum absolute atomic E-state index is 0.141. The van der Waals surface area contributed by atoms with E-state index in [1.54, 1.807) is 11.1 Å². The van der Waals surface area contributed by atoms with Crippen molar-refractivity contribution < 1.29 is 0 Å². The highest BCUT2D eigenvalue weighted by atomic mass is 14.5. The van der Waals surface area contributed by atoms with E-state index in [1.165, 1.54) is 112 Å². The molecule has 0 amide bonds. The third kappa shape index (κ3) is 5.85. The molecule has 184 valence electrons. The van der Waals surface area contributed by atoms with Gasteiger partial charge in [-0.25, -0.2) is 0 Å². The van der Waals surface area contributed by atoms with E-state index in [0.29, 0.717) is 0 Å². The van der Waals surface area contributed by atoms with E-state index in [9.17, 15) is 0 Å². The first-order valence-electron chi connectivity index (χ1n) is 14.6. The van der Waals surface area contributed by atoms with Crippen molar-refractivity contribution in [3.8, 4) is 11.1 Å². The van der Waals surface area contributed by atoms with Gasteiger partial charge in [-0.1, -0.05) is 152 Å². The normalized spacial score (nSPS) is 15.6. The Morgan fingerprint density at radius 2 is 0.971 bits per heavy atom. The Morgan fingerprint density at radius 1 is 0.559 bits per heavy atom. The maximum atomic E-state index is 2.57. The fraction of sp³-hybridized carbons (Fsp3) is 0.625. The van der Waals surface area contributed by atoms with Crippen LogP contribution in [0.3, 0.4) is 0 Å². The van der Waals surface area contributed by atoms with Gasteiger partial charge in [0.15, 0.2) is 0 Å². The van der Waals surface area contributed by atoms with Crippen LogP contribution in [-0.4, -0.2) is 15.7 Å². The van der Waals surface area contributed by atoms with E-state index in [4.69, 9.17) is 0 Å². The van der Waals surface area contributed by atoms with E-state index >= 15 is 0 Å². The van der Waals surface area contributed by atoms with Crippen LogP contribution in [0.15, 0.2) is 36.4 Å². The quantitative estimate of drug-likeness (QED) is 0.214. The van der Waals surface area contributed by atoms with E-state index in [1.807, 2.05) is 0 Å². The second-order valence-corrected chi connectivity index (χ2v) is 11.8. The summed E-state index contributed by atoms with van der Waals surface area (Å²) in [7, 11) is 4.56. The second-order valence-electron chi connectivity index (χ2n) is 11.8. The van der Waals surface area contributed by atoms with E-state index < -0.39 is 0 Å². The molecule has 2 aromatic rings. The van der Waals surface area contributed by atoms with Crippen LogP contribution < -0.4 is 10.9 Å². The molecule has 0 saturated heterocycles. The van der Waals surface area contributed by atoms with Crippen LogP contribution >= 0.6 is 0 Å². The van der Waals surface area contributed by atoms with Crippen LogP contribution in [0.1, 0.15) is 129 Å². The lowest BCUT2D eigenvalue weighted by Gasteiger charge is -2.53. The van der Waals surface area contributed by atoms with Crippen molar-refractivity contribution in [2.24, 2.45) is 0 Å². The first kappa shape index (κ1) is 27.2. The third-order valence-electron chi connectivity index (χ3n) is 8.94. The van der Waals surface area contributed by atoms with Crippen LogP contribution in [-0.2, 0) is 10.8 Å². The molecule has 0 fully saturated rings. The number of rotatable bonds is 14. The van der Waals surface area contributed by atoms with Gasteiger partial charge in [-0.3, -0.25) is 0 Å². The molecule has 0 radical (unpaired) electrons. The molecule has 1 aliphatic rings. The molecule has 0 saturated carbocycles. The fourth-order valence-electron chi connectivity index (χ4n) is 6.73. The molecule has 0 bridgehead atoms. The summed E-state index contributed by atoms with van der Waals surface area (Å²) in [6, 6.07) is 14.6. The van der Waals surface area contributed by atoms with Crippen molar-refractivity contribution in [2.75, 3.05) is 0 Å². The number of hydrogen-bond acceptors (Lipinski definition) is 0. The van der Waals surface area contributed by atoms with Crippen molar-refractivity contribution in [1.82, 2.24) is 0 Å². The first-order chi connectivity index (χ1) is 16.4. The predicted octanol–water partition coefficient (Wildman–Crippen LogP) is 6.90. The fourth-order valence-corrected chi connectivity index (χ4v) is 6.73. The minimum Gasteiger partial charge on any atom is -0.0886 e. The van der Waals surface area contributed by atoms with Gasteiger partial charge in [-0.15, -0.1) is 0 Å². The van der Waals surface area contributed by atoms with Crippen LogP contribution in [0, 0.1) is 0 Å². The van der Waals surface area contributed by atoms with Gasteiger partial charge in [0.05, 0.1) is 0 Å². The SMILES string of the molecule is Bc1ccc2c(c1)C(C)(C)C(CCCCCCCC)(CCCCCCCC)c1cc(B)ccc1-2. The monoisotopic (exact) mass is 456 g/mol. The lowest BCUT2D eigenvalue weighted by atomic mass is 9.50. The standard InChI is InChI=1S/C32H50B2/c1-5-7-9-11-13-15-21-32(22-16-14-12-10-8-6-2)30-24-26(34)18-20-28(30)27-19-17-25(33)23-29(27)31(32,3)4/h17-20,23-24H,5-16,21-22,33-34H2,1-4H3. The molecule has 0 aromatic heterocycles. The zero-order valence-corrected chi connectivity index (χ0v) is 23.4. The van der Waals surface area contributed by atoms with E-state index in [2.05, 4.69) is 79.8 Å². The summed E-state index contributed by atoms with van der Waals surface area (Å²) in [5.41, 5.74) is 9.41. The molecule has 3 rings (SSSR count).